The van der Waals surface area contributed by atoms with Crippen LogP contribution in [0, 0.1) is 0 Å². The van der Waals surface area contributed by atoms with Crippen LogP contribution < -0.4 is 10.1 Å². The summed E-state index contributed by atoms with van der Waals surface area (Å²) in [5.74, 6) is 0.652. The van der Waals surface area contributed by atoms with Gasteiger partial charge in [-0.1, -0.05) is 11.6 Å². The van der Waals surface area contributed by atoms with Gasteiger partial charge in [0.25, 0.3) is 0 Å². The van der Waals surface area contributed by atoms with Crippen LogP contribution in [0.15, 0.2) is 30.6 Å². The second kappa shape index (κ2) is 7.48. The van der Waals surface area contributed by atoms with Crippen LogP contribution in [0.25, 0.3) is 0 Å². The number of rotatable bonds is 6. The largest absolute Gasteiger partial charge is 0.496 e. The highest BCUT2D eigenvalue weighted by atomic mass is 35.5. The summed E-state index contributed by atoms with van der Waals surface area (Å²) >= 11 is 6.04. The van der Waals surface area contributed by atoms with Crippen LogP contribution in [0.1, 0.15) is 17.2 Å². The first kappa shape index (κ1) is 17.3. The molecule has 1 unspecified atom stereocenters. The number of aryl methyl sites for hydroxylation is 1. The Kier molecular flexibility index (Phi) is 5.63. The van der Waals surface area contributed by atoms with Crippen LogP contribution in [0.4, 0.5) is 0 Å². The fraction of sp³-hybridized carbons (Fsp3) is 0.375. The first-order valence-corrected chi connectivity index (χ1v) is 7.57. The van der Waals surface area contributed by atoms with Crippen molar-refractivity contribution in [2.75, 3.05) is 21.2 Å². The molecular weight excluding hydrogens is 316 g/mol. The maximum Gasteiger partial charge on any atom is 0.244 e. The number of ether oxygens (including phenoxy) is 1. The van der Waals surface area contributed by atoms with E-state index >= 15 is 0 Å². The smallest absolute Gasteiger partial charge is 0.244 e. The van der Waals surface area contributed by atoms with Gasteiger partial charge in [0.1, 0.15) is 11.8 Å². The highest BCUT2D eigenvalue weighted by molar-refractivity contribution is 6.30. The van der Waals surface area contributed by atoms with Crippen molar-refractivity contribution in [3.63, 3.8) is 0 Å². The molecule has 1 aromatic carbocycles. The van der Waals surface area contributed by atoms with E-state index in [9.17, 15) is 4.79 Å². The van der Waals surface area contributed by atoms with E-state index in [-0.39, 0.29) is 5.91 Å². The van der Waals surface area contributed by atoms with E-state index in [0.717, 1.165) is 11.1 Å². The van der Waals surface area contributed by atoms with Gasteiger partial charge in [-0.25, -0.2) is 0 Å². The predicted octanol–water partition coefficient (Wildman–Crippen LogP) is 2.00. The maximum atomic E-state index is 12.7. The monoisotopic (exact) mass is 336 g/mol. The van der Waals surface area contributed by atoms with Crippen molar-refractivity contribution < 1.29 is 9.53 Å². The Balaban J connectivity index is 2.17. The fourth-order valence-electron chi connectivity index (χ4n) is 2.45. The molecule has 0 fully saturated rings. The number of halogens is 1. The number of nitrogens with zero attached hydrogens (tertiary/aromatic N) is 3. The number of methoxy groups -OCH3 is 1. The number of amides is 1. The van der Waals surface area contributed by atoms with Gasteiger partial charge in [0.05, 0.1) is 13.3 Å². The third-order valence-corrected chi connectivity index (χ3v) is 3.86. The molecule has 2 aromatic rings. The van der Waals surface area contributed by atoms with E-state index in [4.69, 9.17) is 16.3 Å². The number of likely N-dealkylation sites (N-methyl/N-ethyl adjacent to an activating group) is 2. The number of carbonyl (C=O) groups excluding carboxylic acids is 1. The zero-order valence-electron chi connectivity index (χ0n) is 13.7. The van der Waals surface area contributed by atoms with Crippen molar-refractivity contribution in [1.29, 1.82) is 0 Å². The van der Waals surface area contributed by atoms with E-state index in [0.29, 0.717) is 17.3 Å². The molecule has 0 aliphatic heterocycles. The number of carbonyl (C=O) groups is 1. The van der Waals surface area contributed by atoms with E-state index in [2.05, 4.69) is 10.4 Å². The van der Waals surface area contributed by atoms with Gasteiger partial charge >= 0.3 is 0 Å². The molecule has 0 bridgehead atoms. The predicted molar refractivity (Wildman–Crippen MR) is 89.5 cm³/mol. The lowest BCUT2D eigenvalue weighted by atomic mass is 10.1. The van der Waals surface area contributed by atoms with Gasteiger partial charge < -0.3 is 15.0 Å². The van der Waals surface area contributed by atoms with Crippen molar-refractivity contribution in [2.45, 2.75) is 12.6 Å². The molecule has 0 spiro atoms. The van der Waals surface area contributed by atoms with Crippen LogP contribution >= 0.6 is 11.6 Å². The Morgan fingerprint density at radius 3 is 2.83 bits per heavy atom. The van der Waals surface area contributed by atoms with Crippen LogP contribution in [-0.2, 0) is 18.4 Å². The molecule has 1 N–H and O–H groups in total. The Labute approximate surface area is 141 Å². The topological polar surface area (TPSA) is 59.4 Å². The molecule has 6 nitrogen and oxygen atoms in total. The number of aromatic nitrogens is 2. The van der Waals surface area contributed by atoms with E-state index < -0.39 is 6.04 Å². The van der Waals surface area contributed by atoms with E-state index in [1.54, 1.807) is 49.1 Å². The SMILES string of the molecule is CNC(C(=O)N(C)Cc1cc(Cl)ccc1OC)c1cnn(C)c1. The summed E-state index contributed by atoms with van der Waals surface area (Å²) in [6.45, 7) is 0.404. The third kappa shape index (κ3) is 4.03. The minimum atomic E-state index is -0.445. The van der Waals surface area contributed by atoms with Crippen LogP contribution in [0.5, 0.6) is 5.75 Å². The molecule has 1 heterocycles. The van der Waals surface area contributed by atoms with Crippen molar-refractivity contribution in [3.05, 3.63) is 46.7 Å². The van der Waals surface area contributed by atoms with Gasteiger partial charge in [0.15, 0.2) is 0 Å². The molecule has 0 radical (unpaired) electrons. The minimum Gasteiger partial charge on any atom is -0.496 e. The quantitative estimate of drug-likeness (QED) is 0.876. The van der Waals surface area contributed by atoms with Gasteiger partial charge in [-0.05, 0) is 25.2 Å². The van der Waals surface area contributed by atoms with Crippen LogP contribution in [-0.4, -0.2) is 41.8 Å². The molecule has 23 heavy (non-hydrogen) atoms. The summed E-state index contributed by atoms with van der Waals surface area (Å²) in [5, 5.41) is 7.77. The molecule has 1 aromatic heterocycles. The third-order valence-electron chi connectivity index (χ3n) is 3.62. The van der Waals surface area contributed by atoms with Crippen LogP contribution in [0.2, 0.25) is 5.02 Å². The molecule has 1 amide bonds. The molecule has 2 rings (SSSR count). The standard InChI is InChI=1S/C16H21ClN4O2/c1-18-15(12-8-19-21(3)10-12)16(22)20(2)9-11-7-13(17)5-6-14(11)23-4/h5-8,10,15,18H,9H2,1-4H3. The summed E-state index contributed by atoms with van der Waals surface area (Å²) in [5.41, 5.74) is 1.68. The van der Waals surface area contributed by atoms with Gasteiger partial charge in [-0.2, -0.15) is 5.10 Å². The normalized spacial score (nSPS) is 12.0. The van der Waals surface area contributed by atoms with Crippen molar-refractivity contribution in [1.82, 2.24) is 20.0 Å². The summed E-state index contributed by atoms with van der Waals surface area (Å²) < 4.78 is 7.00. The van der Waals surface area contributed by atoms with Gasteiger partial charge in [0.2, 0.25) is 5.91 Å². The average molecular weight is 337 g/mol. The molecule has 1 atom stereocenters. The van der Waals surface area contributed by atoms with Crippen molar-refractivity contribution in [3.8, 4) is 5.75 Å². The second-order valence-electron chi connectivity index (χ2n) is 5.32. The number of hydrogen-bond acceptors (Lipinski definition) is 4. The van der Waals surface area contributed by atoms with E-state index in [1.807, 2.05) is 19.3 Å². The fourth-order valence-corrected chi connectivity index (χ4v) is 2.64. The zero-order valence-corrected chi connectivity index (χ0v) is 14.5. The molecule has 7 heteroatoms. The summed E-state index contributed by atoms with van der Waals surface area (Å²) in [6.07, 6.45) is 3.51. The molecule has 0 saturated heterocycles. The molecular formula is C16H21ClN4O2. The van der Waals surface area contributed by atoms with Gasteiger partial charge in [-0.3, -0.25) is 9.48 Å². The molecule has 0 saturated carbocycles. The Hall–Kier alpha value is -2.05. The summed E-state index contributed by atoms with van der Waals surface area (Å²) in [7, 11) is 6.93. The zero-order chi connectivity index (χ0) is 17.0. The average Bonchev–Trinajstić information content (AvgIpc) is 2.94. The lowest BCUT2D eigenvalue weighted by molar-refractivity contribution is -0.132. The molecule has 0 aliphatic carbocycles. The lowest BCUT2D eigenvalue weighted by Gasteiger charge is -2.23. The highest BCUT2D eigenvalue weighted by Crippen LogP contribution is 2.24. The highest BCUT2D eigenvalue weighted by Gasteiger charge is 2.24. The molecule has 124 valence electrons. The van der Waals surface area contributed by atoms with Gasteiger partial charge in [0, 0.05) is 43.0 Å². The van der Waals surface area contributed by atoms with Crippen molar-refractivity contribution in [2.24, 2.45) is 7.05 Å². The Morgan fingerprint density at radius 2 is 2.26 bits per heavy atom. The first-order valence-electron chi connectivity index (χ1n) is 7.19. The number of nitrogens with one attached hydrogen (secondary N) is 1. The molecule has 0 aliphatic rings. The summed E-state index contributed by atoms with van der Waals surface area (Å²) in [6, 6.07) is 4.92. The second-order valence-corrected chi connectivity index (χ2v) is 5.76. The number of benzene rings is 1. The summed E-state index contributed by atoms with van der Waals surface area (Å²) in [4.78, 5) is 14.4. The van der Waals surface area contributed by atoms with Gasteiger partial charge in [-0.15, -0.1) is 0 Å². The van der Waals surface area contributed by atoms with Crippen LogP contribution in [0.3, 0.4) is 0 Å². The maximum absolute atomic E-state index is 12.7. The number of hydrogen-bond donors (Lipinski definition) is 1. The Bertz CT molecular complexity index is 686. The lowest BCUT2D eigenvalue weighted by Crippen LogP contribution is -2.37. The Morgan fingerprint density at radius 1 is 1.52 bits per heavy atom. The minimum absolute atomic E-state index is 0.0532. The van der Waals surface area contributed by atoms with Crippen molar-refractivity contribution >= 4 is 17.5 Å². The van der Waals surface area contributed by atoms with E-state index in [1.165, 1.54) is 0 Å². The first-order chi connectivity index (χ1) is 11.0.